The van der Waals surface area contributed by atoms with Crippen molar-refractivity contribution in [3.05, 3.63) is 149 Å². The number of aryl methyl sites for hydroxylation is 1. The van der Waals surface area contributed by atoms with Crippen LogP contribution in [0.1, 0.15) is 47.1 Å². The SMILES string of the molecule is CCCCc1nc2ccc(N(Cc3ccccc3)S(=O)(=O)c3ccc(Cl)cc3)cc2n1Cc1ccc(-c2ccccc2)c(C(=O)O)c1. The van der Waals surface area contributed by atoms with Crippen LogP contribution in [0, 0.1) is 0 Å². The van der Waals surface area contributed by atoms with Crippen molar-refractivity contribution < 1.29 is 18.3 Å². The van der Waals surface area contributed by atoms with Crippen LogP contribution in [0.4, 0.5) is 5.69 Å². The lowest BCUT2D eigenvalue weighted by molar-refractivity contribution is 0.0697. The zero-order chi connectivity index (χ0) is 33.0. The number of anilines is 1. The van der Waals surface area contributed by atoms with Crippen LogP contribution in [0.15, 0.2) is 126 Å². The summed E-state index contributed by atoms with van der Waals surface area (Å²) in [6.07, 6.45) is 2.63. The normalized spacial score (nSPS) is 11.5. The Bertz CT molecular complexity index is 2130. The molecule has 238 valence electrons. The van der Waals surface area contributed by atoms with E-state index in [1.54, 1.807) is 24.3 Å². The van der Waals surface area contributed by atoms with Gasteiger partial charge in [0.2, 0.25) is 0 Å². The predicted molar refractivity (Wildman–Crippen MR) is 188 cm³/mol. The molecule has 47 heavy (non-hydrogen) atoms. The number of fused-ring (bicyclic) bond motifs is 1. The maximum absolute atomic E-state index is 14.2. The van der Waals surface area contributed by atoms with Gasteiger partial charge >= 0.3 is 5.97 Å². The number of nitrogens with zero attached hydrogens (tertiary/aromatic N) is 3. The molecule has 0 saturated carbocycles. The number of rotatable bonds is 12. The van der Waals surface area contributed by atoms with E-state index in [1.165, 1.54) is 16.4 Å². The minimum Gasteiger partial charge on any atom is -0.478 e. The lowest BCUT2D eigenvalue weighted by Crippen LogP contribution is -2.30. The van der Waals surface area contributed by atoms with Gasteiger partial charge in [0.1, 0.15) is 5.82 Å². The molecule has 6 rings (SSSR count). The number of benzene rings is 5. The quantitative estimate of drug-likeness (QED) is 0.141. The maximum Gasteiger partial charge on any atom is 0.336 e. The van der Waals surface area contributed by atoms with E-state index in [2.05, 4.69) is 11.5 Å². The first-order valence-corrected chi connectivity index (χ1v) is 17.3. The second kappa shape index (κ2) is 13.8. The van der Waals surface area contributed by atoms with E-state index >= 15 is 0 Å². The van der Waals surface area contributed by atoms with Gasteiger partial charge in [-0.15, -0.1) is 0 Å². The van der Waals surface area contributed by atoms with Gasteiger partial charge in [-0.2, -0.15) is 0 Å². The Morgan fingerprint density at radius 1 is 0.851 bits per heavy atom. The monoisotopic (exact) mass is 663 g/mol. The lowest BCUT2D eigenvalue weighted by Gasteiger charge is -2.25. The van der Waals surface area contributed by atoms with Crippen molar-refractivity contribution in [1.82, 2.24) is 9.55 Å². The van der Waals surface area contributed by atoms with Gasteiger partial charge < -0.3 is 9.67 Å². The molecule has 6 aromatic rings. The Balaban J connectivity index is 1.46. The molecule has 0 aliphatic carbocycles. The van der Waals surface area contributed by atoms with Crippen molar-refractivity contribution >= 4 is 44.3 Å². The molecule has 9 heteroatoms. The van der Waals surface area contributed by atoms with E-state index in [9.17, 15) is 18.3 Å². The number of hydrogen-bond donors (Lipinski definition) is 1. The molecule has 0 fully saturated rings. The highest BCUT2D eigenvalue weighted by Gasteiger charge is 2.26. The predicted octanol–water partition coefficient (Wildman–Crippen LogP) is 8.84. The molecule has 0 bridgehead atoms. The topological polar surface area (TPSA) is 92.5 Å². The fourth-order valence-corrected chi connectivity index (χ4v) is 7.31. The average molecular weight is 664 g/mol. The Kier molecular flexibility index (Phi) is 9.43. The molecule has 0 spiro atoms. The standard InChI is InChI=1S/C38H34ClN3O4S/c1-2-3-14-37-40-35-22-18-31(42(26-27-10-6-4-7-11-27)47(45,46)32-19-16-30(39)17-20-32)24-36(35)41(37)25-28-15-21-33(34(23-28)38(43)44)29-12-8-5-9-13-29/h4-13,15-24H,2-3,14,25-26H2,1H3,(H,43,44). The highest BCUT2D eigenvalue weighted by Crippen LogP contribution is 2.32. The van der Waals surface area contributed by atoms with E-state index < -0.39 is 16.0 Å². The van der Waals surface area contributed by atoms with E-state index in [0.717, 1.165) is 52.8 Å². The van der Waals surface area contributed by atoms with Crippen LogP contribution in [-0.2, 0) is 29.5 Å². The van der Waals surface area contributed by atoms with E-state index in [0.29, 0.717) is 22.8 Å². The van der Waals surface area contributed by atoms with Gasteiger partial charge in [-0.3, -0.25) is 4.31 Å². The number of unbranched alkanes of at least 4 members (excludes halogenated alkanes) is 1. The zero-order valence-electron chi connectivity index (χ0n) is 25.9. The summed E-state index contributed by atoms with van der Waals surface area (Å²) in [4.78, 5) is 17.5. The van der Waals surface area contributed by atoms with Gasteiger partial charge in [-0.1, -0.05) is 97.7 Å². The summed E-state index contributed by atoms with van der Waals surface area (Å²) in [5, 5.41) is 10.6. The first kappa shape index (κ1) is 32.0. The lowest BCUT2D eigenvalue weighted by atomic mass is 9.97. The molecule has 1 heterocycles. The minimum absolute atomic E-state index is 0.122. The second-order valence-corrected chi connectivity index (χ2v) is 13.7. The molecule has 0 saturated heterocycles. The molecule has 7 nitrogen and oxygen atoms in total. The van der Waals surface area contributed by atoms with Crippen LogP contribution < -0.4 is 4.31 Å². The van der Waals surface area contributed by atoms with Crippen molar-refractivity contribution in [2.24, 2.45) is 0 Å². The molecular weight excluding hydrogens is 630 g/mol. The summed E-state index contributed by atoms with van der Waals surface area (Å²) >= 11 is 6.09. The molecule has 1 N–H and O–H groups in total. The first-order chi connectivity index (χ1) is 22.7. The number of halogens is 1. The van der Waals surface area contributed by atoms with Gasteiger partial charge in [0, 0.05) is 18.0 Å². The molecule has 0 unspecified atom stereocenters. The molecule has 0 radical (unpaired) electrons. The molecule has 0 aliphatic heterocycles. The van der Waals surface area contributed by atoms with Crippen molar-refractivity contribution in [3.8, 4) is 11.1 Å². The summed E-state index contributed by atoms with van der Waals surface area (Å²) in [6, 6.07) is 36.1. The van der Waals surface area contributed by atoms with Crippen molar-refractivity contribution in [1.29, 1.82) is 0 Å². The van der Waals surface area contributed by atoms with Crippen LogP contribution in [0.2, 0.25) is 5.02 Å². The molecule has 0 atom stereocenters. The number of carboxylic acid groups (broad SMARTS) is 1. The molecule has 5 aromatic carbocycles. The number of sulfonamides is 1. The molecule has 1 aromatic heterocycles. The highest BCUT2D eigenvalue weighted by atomic mass is 35.5. The van der Waals surface area contributed by atoms with Crippen LogP contribution >= 0.6 is 11.6 Å². The van der Waals surface area contributed by atoms with Gasteiger partial charge in [-0.05, 0) is 77.2 Å². The maximum atomic E-state index is 14.2. The Morgan fingerprint density at radius 3 is 2.23 bits per heavy atom. The smallest absolute Gasteiger partial charge is 0.336 e. The summed E-state index contributed by atoms with van der Waals surface area (Å²) in [7, 11) is -3.98. The van der Waals surface area contributed by atoms with E-state index in [4.69, 9.17) is 16.6 Å². The molecular formula is C38H34ClN3O4S. The van der Waals surface area contributed by atoms with Crippen LogP contribution in [0.25, 0.3) is 22.2 Å². The second-order valence-electron chi connectivity index (χ2n) is 11.4. The molecule has 0 aliphatic rings. The minimum atomic E-state index is -3.98. The highest BCUT2D eigenvalue weighted by molar-refractivity contribution is 7.92. The van der Waals surface area contributed by atoms with Crippen molar-refractivity contribution in [2.75, 3.05) is 4.31 Å². The third-order valence-corrected chi connectivity index (χ3v) is 10.2. The van der Waals surface area contributed by atoms with Gasteiger partial charge in [0.05, 0.1) is 33.7 Å². The Hall–Kier alpha value is -4.92. The number of aromatic nitrogens is 2. The number of aromatic carboxylic acids is 1. The number of hydrogen-bond acceptors (Lipinski definition) is 4. The van der Waals surface area contributed by atoms with Gasteiger partial charge in [-0.25, -0.2) is 18.2 Å². The third kappa shape index (κ3) is 6.94. The Morgan fingerprint density at radius 2 is 1.55 bits per heavy atom. The van der Waals surface area contributed by atoms with Crippen LogP contribution in [0.5, 0.6) is 0 Å². The number of carbonyl (C=O) groups is 1. The first-order valence-electron chi connectivity index (χ1n) is 15.5. The van der Waals surface area contributed by atoms with Crippen LogP contribution in [-0.4, -0.2) is 29.0 Å². The summed E-state index contributed by atoms with van der Waals surface area (Å²) in [6.45, 7) is 2.61. The summed E-state index contributed by atoms with van der Waals surface area (Å²) < 4.78 is 31.8. The fraction of sp³-hybridized carbons (Fsp3) is 0.158. The fourth-order valence-electron chi connectivity index (χ4n) is 5.74. The van der Waals surface area contributed by atoms with E-state index in [1.807, 2.05) is 84.9 Å². The average Bonchev–Trinajstić information content (AvgIpc) is 3.43. The summed E-state index contributed by atoms with van der Waals surface area (Å²) in [5.41, 5.74) is 5.33. The summed E-state index contributed by atoms with van der Waals surface area (Å²) in [5.74, 6) is -0.142. The van der Waals surface area contributed by atoms with Crippen LogP contribution in [0.3, 0.4) is 0 Å². The van der Waals surface area contributed by atoms with Gasteiger partial charge in [0.25, 0.3) is 10.0 Å². The number of carboxylic acids is 1. The zero-order valence-corrected chi connectivity index (χ0v) is 27.5. The van der Waals surface area contributed by atoms with Crippen molar-refractivity contribution in [3.63, 3.8) is 0 Å². The largest absolute Gasteiger partial charge is 0.478 e. The van der Waals surface area contributed by atoms with Crippen molar-refractivity contribution in [2.45, 2.75) is 44.2 Å². The Labute approximate surface area is 279 Å². The van der Waals surface area contributed by atoms with E-state index in [-0.39, 0.29) is 17.0 Å². The molecule has 0 amide bonds. The number of imidazole rings is 1. The van der Waals surface area contributed by atoms with Gasteiger partial charge in [0.15, 0.2) is 0 Å². The third-order valence-electron chi connectivity index (χ3n) is 8.16.